The smallest absolute Gasteiger partial charge is 0.228 e. The third-order valence-corrected chi connectivity index (χ3v) is 4.24. The molecule has 0 heterocycles. The molecule has 0 saturated heterocycles. The maximum Gasteiger partial charge on any atom is 0.228 e. The number of phenols is 1. The average Bonchev–Trinajstić information content (AvgIpc) is 2.78. The summed E-state index contributed by atoms with van der Waals surface area (Å²) in [5, 5.41) is 12.6. The lowest BCUT2D eigenvalue weighted by molar-refractivity contribution is -0.118. The summed E-state index contributed by atoms with van der Waals surface area (Å²) in [6.07, 6.45) is 3.64. The zero-order valence-corrected chi connectivity index (χ0v) is 10.1. The van der Waals surface area contributed by atoms with Gasteiger partial charge >= 0.3 is 0 Å². The summed E-state index contributed by atoms with van der Waals surface area (Å²) in [6, 6.07) is 4.77. The summed E-state index contributed by atoms with van der Waals surface area (Å²) in [7, 11) is 0. The minimum absolute atomic E-state index is 0.000424. The fraction of sp³-hybridized carbons (Fsp3) is 0.462. The van der Waals surface area contributed by atoms with Gasteiger partial charge in [0.05, 0.1) is 5.02 Å². The highest BCUT2D eigenvalue weighted by Gasteiger charge is 2.56. The van der Waals surface area contributed by atoms with E-state index in [1.165, 1.54) is 25.3 Å². The first-order valence-corrected chi connectivity index (χ1v) is 6.34. The largest absolute Gasteiger partial charge is 0.506 e. The summed E-state index contributed by atoms with van der Waals surface area (Å²) >= 11 is 5.71. The van der Waals surface area contributed by atoms with Gasteiger partial charge in [-0.05, 0) is 36.8 Å². The highest BCUT2D eigenvalue weighted by Crippen LogP contribution is 2.57. The molecule has 2 fully saturated rings. The Balaban J connectivity index is 1.67. The number of carbonyl (C=O) groups excluding carboxylic acids is 1. The normalized spacial score (nSPS) is 29.8. The van der Waals surface area contributed by atoms with E-state index in [1.807, 2.05) is 0 Å². The molecule has 3 nitrogen and oxygen atoms in total. The topological polar surface area (TPSA) is 49.3 Å². The Kier molecular flexibility index (Phi) is 2.51. The molecule has 1 aromatic carbocycles. The van der Waals surface area contributed by atoms with Gasteiger partial charge in [-0.25, -0.2) is 0 Å². The van der Waals surface area contributed by atoms with Gasteiger partial charge in [-0.1, -0.05) is 18.0 Å². The van der Waals surface area contributed by atoms with Gasteiger partial charge in [-0.2, -0.15) is 0 Å². The van der Waals surface area contributed by atoms with Crippen LogP contribution in [0.25, 0.3) is 0 Å². The fourth-order valence-electron chi connectivity index (χ4n) is 3.03. The standard InChI is InChI=1S/C13H14ClNO2/c14-10-5-4-7(6-11(10)16)15-13(17)12-8-2-1-3-9(8)12/h4-6,8-9,12,16H,1-3H2,(H,15,17). The minimum Gasteiger partial charge on any atom is -0.506 e. The molecule has 1 aromatic rings. The van der Waals surface area contributed by atoms with Crippen molar-refractivity contribution in [1.29, 1.82) is 0 Å². The van der Waals surface area contributed by atoms with Gasteiger partial charge in [-0.3, -0.25) is 4.79 Å². The zero-order chi connectivity index (χ0) is 12.0. The zero-order valence-electron chi connectivity index (χ0n) is 9.32. The van der Waals surface area contributed by atoms with Gasteiger partial charge in [-0.15, -0.1) is 0 Å². The lowest BCUT2D eigenvalue weighted by Gasteiger charge is -2.07. The van der Waals surface area contributed by atoms with E-state index in [2.05, 4.69) is 5.32 Å². The molecule has 0 aliphatic heterocycles. The minimum atomic E-state index is 0.000424. The molecule has 2 atom stereocenters. The Labute approximate surface area is 105 Å². The van der Waals surface area contributed by atoms with Gasteiger partial charge < -0.3 is 10.4 Å². The van der Waals surface area contributed by atoms with Crippen molar-refractivity contribution < 1.29 is 9.90 Å². The van der Waals surface area contributed by atoms with Crippen LogP contribution >= 0.6 is 11.6 Å². The lowest BCUT2D eigenvalue weighted by Crippen LogP contribution is -2.16. The maximum atomic E-state index is 12.0. The first-order chi connectivity index (χ1) is 8.16. The van der Waals surface area contributed by atoms with Crippen molar-refractivity contribution in [2.75, 3.05) is 5.32 Å². The number of anilines is 1. The van der Waals surface area contributed by atoms with E-state index in [9.17, 15) is 9.90 Å². The van der Waals surface area contributed by atoms with E-state index in [0.717, 1.165) is 0 Å². The fourth-order valence-corrected chi connectivity index (χ4v) is 3.14. The second kappa shape index (κ2) is 3.91. The quantitative estimate of drug-likeness (QED) is 0.849. The first-order valence-electron chi connectivity index (χ1n) is 5.96. The number of carbonyl (C=O) groups is 1. The molecular formula is C13H14ClNO2. The van der Waals surface area contributed by atoms with Crippen molar-refractivity contribution in [2.24, 2.45) is 17.8 Å². The molecule has 0 aromatic heterocycles. The molecule has 2 unspecified atom stereocenters. The number of benzene rings is 1. The van der Waals surface area contributed by atoms with Crippen LogP contribution in [0.5, 0.6) is 5.75 Å². The third-order valence-electron chi connectivity index (χ3n) is 3.92. The van der Waals surface area contributed by atoms with Crippen LogP contribution in [0, 0.1) is 17.8 Å². The van der Waals surface area contributed by atoms with Crippen molar-refractivity contribution in [2.45, 2.75) is 19.3 Å². The van der Waals surface area contributed by atoms with Crippen molar-refractivity contribution in [3.05, 3.63) is 23.2 Å². The Morgan fingerprint density at radius 3 is 2.71 bits per heavy atom. The van der Waals surface area contributed by atoms with E-state index in [0.29, 0.717) is 22.5 Å². The Hall–Kier alpha value is -1.22. The molecule has 4 heteroatoms. The number of nitrogens with one attached hydrogen (secondary N) is 1. The van der Waals surface area contributed by atoms with Crippen LogP contribution in [0.4, 0.5) is 5.69 Å². The van der Waals surface area contributed by atoms with Gasteiger partial charge in [0, 0.05) is 17.7 Å². The van der Waals surface area contributed by atoms with Crippen LogP contribution in [-0.4, -0.2) is 11.0 Å². The van der Waals surface area contributed by atoms with Crippen LogP contribution in [0.3, 0.4) is 0 Å². The lowest BCUT2D eigenvalue weighted by atomic mass is 10.1. The highest BCUT2D eigenvalue weighted by molar-refractivity contribution is 6.32. The predicted molar refractivity (Wildman–Crippen MR) is 66.1 cm³/mol. The molecule has 1 amide bonds. The molecule has 3 rings (SSSR count). The summed E-state index contributed by atoms with van der Waals surface area (Å²) < 4.78 is 0. The first kappa shape index (κ1) is 10.9. The number of aromatic hydroxyl groups is 1. The van der Waals surface area contributed by atoms with Crippen LogP contribution in [0.1, 0.15) is 19.3 Å². The van der Waals surface area contributed by atoms with Crippen molar-refractivity contribution in [1.82, 2.24) is 0 Å². The second-order valence-electron chi connectivity index (χ2n) is 4.94. The number of rotatable bonds is 2. The Morgan fingerprint density at radius 2 is 2.06 bits per heavy atom. The van der Waals surface area contributed by atoms with Crippen molar-refractivity contribution >= 4 is 23.2 Å². The number of hydrogen-bond acceptors (Lipinski definition) is 2. The SMILES string of the molecule is O=C(Nc1ccc(Cl)c(O)c1)C1C2CCCC21. The van der Waals surface area contributed by atoms with E-state index in [-0.39, 0.29) is 17.6 Å². The summed E-state index contributed by atoms with van der Waals surface area (Å²) in [6.45, 7) is 0. The molecule has 0 spiro atoms. The maximum absolute atomic E-state index is 12.0. The molecule has 2 saturated carbocycles. The van der Waals surface area contributed by atoms with E-state index in [1.54, 1.807) is 12.1 Å². The van der Waals surface area contributed by atoms with E-state index < -0.39 is 0 Å². The highest BCUT2D eigenvalue weighted by atomic mass is 35.5. The Bertz CT molecular complexity index is 464. The number of fused-ring (bicyclic) bond motifs is 1. The van der Waals surface area contributed by atoms with Gasteiger partial charge in [0.2, 0.25) is 5.91 Å². The van der Waals surface area contributed by atoms with Gasteiger partial charge in [0.15, 0.2) is 0 Å². The summed E-state index contributed by atoms with van der Waals surface area (Å²) in [4.78, 5) is 12.0. The molecule has 17 heavy (non-hydrogen) atoms. The Morgan fingerprint density at radius 1 is 1.35 bits per heavy atom. The van der Waals surface area contributed by atoms with Crippen LogP contribution < -0.4 is 5.32 Å². The number of halogens is 1. The van der Waals surface area contributed by atoms with Crippen molar-refractivity contribution in [3.63, 3.8) is 0 Å². The summed E-state index contributed by atoms with van der Waals surface area (Å²) in [5.41, 5.74) is 0.613. The third kappa shape index (κ3) is 1.89. The average molecular weight is 252 g/mol. The van der Waals surface area contributed by atoms with Crippen LogP contribution in [0.2, 0.25) is 5.02 Å². The van der Waals surface area contributed by atoms with E-state index in [4.69, 9.17) is 11.6 Å². The van der Waals surface area contributed by atoms with Gasteiger partial charge in [0.1, 0.15) is 5.75 Å². The van der Waals surface area contributed by atoms with Crippen LogP contribution in [0.15, 0.2) is 18.2 Å². The molecule has 90 valence electrons. The molecule has 2 aliphatic carbocycles. The molecule has 2 N–H and O–H groups in total. The summed E-state index contributed by atoms with van der Waals surface area (Å²) in [5.74, 6) is 1.50. The van der Waals surface area contributed by atoms with Crippen molar-refractivity contribution in [3.8, 4) is 5.75 Å². The monoisotopic (exact) mass is 251 g/mol. The number of amides is 1. The molecule has 2 aliphatic rings. The molecular weight excluding hydrogens is 238 g/mol. The van der Waals surface area contributed by atoms with E-state index >= 15 is 0 Å². The van der Waals surface area contributed by atoms with Gasteiger partial charge in [0.25, 0.3) is 0 Å². The van der Waals surface area contributed by atoms with Crippen LogP contribution in [-0.2, 0) is 4.79 Å². The number of phenolic OH excluding ortho intramolecular Hbond substituents is 1. The molecule has 0 bridgehead atoms. The predicted octanol–water partition coefficient (Wildman–Crippen LogP) is 3.03. The molecule has 0 radical (unpaired) electrons. The number of hydrogen-bond donors (Lipinski definition) is 2. The second-order valence-corrected chi connectivity index (χ2v) is 5.35.